The van der Waals surface area contributed by atoms with Crippen LogP contribution in [-0.2, 0) is 6.42 Å². The van der Waals surface area contributed by atoms with E-state index in [9.17, 15) is 9.90 Å². The van der Waals surface area contributed by atoms with Crippen molar-refractivity contribution in [3.8, 4) is 5.88 Å². The summed E-state index contributed by atoms with van der Waals surface area (Å²) in [7, 11) is 3.99. The minimum Gasteiger partial charge on any atom is -0.493 e. The van der Waals surface area contributed by atoms with E-state index in [1.165, 1.54) is 11.8 Å². The monoisotopic (exact) mass is 335 g/mol. The van der Waals surface area contributed by atoms with Crippen LogP contribution >= 0.6 is 24.2 Å². The Balaban J connectivity index is 0.00000400. The fourth-order valence-corrected chi connectivity index (χ4v) is 2.78. The third kappa shape index (κ3) is 7.74. The highest BCUT2D eigenvalue weighted by atomic mass is 35.5. The lowest BCUT2D eigenvalue weighted by atomic mass is 10.1. The molecule has 2 N–H and O–H groups in total. The van der Waals surface area contributed by atoms with E-state index in [1.807, 2.05) is 14.1 Å². The molecule has 122 valence electrons. The Morgan fingerprint density at radius 2 is 2.00 bits per heavy atom. The highest BCUT2D eigenvalue weighted by Crippen LogP contribution is 2.18. The minimum atomic E-state index is -0.207. The molecule has 21 heavy (non-hydrogen) atoms. The summed E-state index contributed by atoms with van der Waals surface area (Å²) in [5.41, 5.74) is 0.208. The molecule has 0 saturated carbocycles. The maximum absolute atomic E-state index is 11.9. The second-order valence-corrected chi connectivity index (χ2v) is 6.22. The van der Waals surface area contributed by atoms with Crippen molar-refractivity contribution < 1.29 is 5.11 Å². The van der Waals surface area contributed by atoms with Gasteiger partial charge >= 0.3 is 0 Å². The molecule has 0 amide bonds. The Bertz CT molecular complexity index is 466. The lowest BCUT2D eigenvalue weighted by molar-refractivity contribution is 0.432. The number of nitrogens with one attached hydrogen (secondary N) is 1. The predicted octanol–water partition coefficient (Wildman–Crippen LogP) is 2.67. The van der Waals surface area contributed by atoms with E-state index in [-0.39, 0.29) is 23.8 Å². The van der Waals surface area contributed by atoms with Crippen molar-refractivity contribution in [2.45, 2.75) is 44.2 Å². The summed E-state index contributed by atoms with van der Waals surface area (Å²) in [6, 6.07) is 0. The quantitative estimate of drug-likeness (QED) is 0.412. The molecule has 0 spiro atoms. The van der Waals surface area contributed by atoms with Crippen LogP contribution in [0.3, 0.4) is 0 Å². The molecule has 1 rings (SSSR count). The molecule has 0 aliphatic rings. The third-order valence-corrected chi connectivity index (χ3v) is 3.88. The molecule has 0 saturated heterocycles. The van der Waals surface area contributed by atoms with Crippen LogP contribution in [0, 0.1) is 0 Å². The molecular formula is C14H26ClN3O2S. The van der Waals surface area contributed by atoms with Crippen LogP contribution in [0.5, 0.6) is 5.88 Å². The molecule has 0 aliphatic carbocycles. The number of aromatic amines is 1. The first-order valence-electron chi connectivity index (χ1n) is 7.14. The number of unbranched alkanes of at least 4 members (excludes halogenated alkanes) is 3. The van der Waals surface area contributed by atoms with Crippen LogP contribution in [0.1, 0.15) is 38.2 Å². The normalized spacial score (nSPS) is 10.7. The van der Waals surface area contributed by atoms with Crippen molar-refractivity contribution in [2.75, 3.05) is 26.4 Å². The SMILES string of the molecule is CCCCCCc1c(O)nc(SCCN(C)C)[nH]c1=O.Cl. The lowest BCUT2D eigenvalue weighted by Crippen LogP contribution is -2.17. The van der Waals surface area contributed by atoms with Crippen molar-refractivity contribution in [2.24, 2.45) is 0 Å². The van der Waals surface area contributed by atoms with E-state index in [1.54, 1.807) is 0 Å². The van der Waals surface area contributed by atoms with Gasteiger partial charge in [-0.15, -0.1) is 12.4 Å². The minimum absolute atomic E-state index is 0. The molecule has 0 aliphatic heterocycles. The molecule has 0 atom stereocenters. The third-order valence-electron chi connectivity index (χ3n) is 3.03. The maximum atomic E-state index is 11.9. The first kappa shape index (κ1) is 20.3. The van der Waals surface area contributed by atoms with Gasteiger partial charge in [0.1, 0.15) is 0 Å². The Labute approximate surface area is 137 Å². The summed E-state index contributed by atoms with van der Waals surface area (Å²) in [5, 5.41) is 10.4. The molecule has 0 unspecified atom stereocenters. The van der Waals surface area contributed by atoms with E-state index in [0.717, 1.165) is 38.0 Å². The van der Waals surface area contributed by atoms with Crippen molar-refractivity contribution in [1.82, 2.24) is 14.9 Å². The number of nitrogens with zero attached hydrogens (tertiary/aromatic N) is 2. The first-order chi connectivity index (χ1) is 9.54. The zero-order chi connectivity index (χ0) is 15.0. The van der Waals surface area contributed by atoms with Gasteiger partial charge < -0.3 is 15.0 Å². The van der Waals surface area contributed by atoms with Gasteiger partial charge in [-0.2, -0.15) is 4.98 Å². The van der Waals surface area contributed by atoms with Gasteiger partial charge in [-0.25, -0.2) is 0 Å². The zero-order valence-corrected chi connectivity index (χ0v) is 14.6. The fraction of sp³-hybridized carbons (Fsp3) is 0.714. The summed E-state index contributed by atoms with van der Waals surface area (Å²) in [4.78, 5) is 20.8. The second-order valence-electron chi connectivity index (χ2n) is 5.14. The summed E-state index contributed by atoms with van der Waals surface area (Å²) >= 11 is 1.45. The van der Waals surface area contributed by atoms with Gasteiger partial charge in [-0.3, -0.25) is 4.79 Å². The molecule has 1 aromatic rings. The number of halogens is 1. The lowest BCUT2D eigenvalue weighted by Gasteiger charge is -2.09. The van der Waals surface area contributed by atoms with Crippen molar-refractivity contribution >= 4 is 24.2 Å². The van der Waals surface area contributed by atoms with Crippen molar-refractivity contribution in [3.05, 3.63) is 15.9 Å². The number of aromatic nitrogens is 2. The molecule has 7 heteroatoms. The zero-order valence-electron chi connectivity index (χ0n) is 13.0. The topological polar surface area (TPSA) is 69.2 Å². The summed E-state index contributed by atoms with van der Waals surface area (Å²) < 4.78 is 0. The Morgan fingerprint density at radius 3 is 2.57 bits per heavy atom. The average Bonchev–Trinajstić information content (AvgIpc) is 2.36. The molecular weight excluding hydrogens is 310 g/mol. The van der Waals surface area contributed by atoms with E-state index < -0.39 is 0 Å². The number of thioether (sulfide) groups is 1. The van der Waals surface area contributed by atoms with Gasteiger partial charge in [0.2, 0.25) is 5.88 Å². The van der Waals surface area contributed by atoms with Crippen LogP contribution in [0.15, 0.2) is 9.95 Å². The Hall–Kier alpha value is -0.720. The Kier molecular flexibility index (Phi) is 10.6. The van der Waals surface area contributed by atoms with Crippen LogP contribution in [-0.4, -0.2) is 46.4 Å². The van der Waals surface area contributed by atoms with Crippen LogP contribution in [0.25, 0.3) is 0 Å². The largest absolute Gasteiger partial charge is 0.493 e. The fourth-order valence-electron chi connectivity index (χ4n) is 1.81. The van der Waals surface area contributed by atoms with E-state index >= 15 is 0 Å². The Morgan fingerprint density at radius 1 is 1.29 bits per heavy atom. The van der Waals surface area contributed by atoms with Gasteiger partial charge in [0.25, 0.3) is 5.56 Å². The summed E-state index contributed by atoms with van der Waals surface area (Å²) in [6.07, 6.45) is 4.90. The van der Waals surface area contributed by atoms with Gasteiger partial charge in [-0.05, 0) is 26.9 Å². The van der Waals surface area contributed by atoms with E-state index in [0.29, 0.717) is 17.1 Å². The van der Waals surface area contributed by atoms with E-state index in [4.69, 9.17) is 0 Å². The number of rotatable bonds is 9. The van der Waals surface area contributed by atoms with Gasteiger partial charge in [-0.1, -0.05) is 37.9 Å². The van der Waals surface area contributed by atoms with Gasteiger partial charge in [0.15, 0.2) is 5.16 Å². The first-order valence-corrected chi connectivity index (χ1v) is 8.12. The standard InChI is InChI=1S/C14H25N3O2S.ClH/c1-4-5-6-7-8-11-12(18)15-14(16-13(11)19)20-10-9-17(2)3;/h4-10H2,1-3H3,(H2,15,16,18,19);1H. The molecule has 5 nitrogen and oxygen atoms in total. The highest BCUT2D eigenvalue weighted by Gasteiger charge is 2.10. The maximum Gasteiger partial charge on any atom is 0.258 e. The number of hydrogen-bond donors (Lipinski definition) is 2. The number of hydrogen-bond acceptors (Lipinski definition) is 5. The molecule has 0 bridgehead atoms. The van der Waals surface area contributed by atoms with Crippen LogP contribution in [0.2, 0.25) is 0 Å². The molecule has 0 radical (unpaired) electrons. The summed E-state index contributed by atoms with van der Waals surface area (Å²) in [5.74, 6) is 0.711. The second kappa shape index (κ2) is 10.9. The molecule has 0 aromatic carbocycles. The highest BCUT2D eigenvalue weighted by molar-refractivity contribution is 7.99. The van der Waals surface area contributed by atoms with Crippen LogP contribution < -0.4 is 5.56 Å². The predicted molar refractivity (Wildman–Crippen MR) is 90.9 cm³/mol. The number of H-pyrrole nitrogens is 1. The smallest absolute Gasteiger partial charge is 0.258 e. The molecule has 1 heterocycles. The van der Waals surface area contributed by atoms with Gasteiger partial charge in [0, 0.05) is 12.3 Å². The number of aromatic hydroxyl groups is 1. The van der Waals surface area contributed by atoms with Gasteiger partial charge in [0.05, 0.1) is 5.56 Å². The average molecular weight is 336 g/mol. The molecule has 1 aromatic heterocycles. The van der Waals surface area contributed by atoms with Crippen molar-refractivity contribution in [3.63, 3.8) is 0 Å². The summed E-state index contributed by atoms with van der Waals surface area (Å²) in [6.45, 7) is 3.04. The molecule has 0 fully saturated rings. The van der Waals surface area contributed by atoms with E-state index in [2.05, 4.69) is 21.8 Å². The van der Waals surface area contributed by atoms with Crippen molar-refractivity contribution in [1.29, 1.82) is 0 Å². The van der Waals surface area contributed by atoms with Crippen LogP contribution in [0.4, 0.5) is 0 Å².